The Morgan fingerprint density at radius 2 is 2.00 bits per heavy atom. The molecule has 0 saturated heterocycles. The van der Waals surface area contributed by atoms with Gasteiger partial charge in [0.05, 0.1) is 5.75 Å². The number of rotatable bonds is 7. The Morgan fingerprint density at radius 1 is 1.20 bits per heavy atom. The highest BCUT2D eigenvalue weighted by Gasteiger charge is 2.11. The van der Waals surface area contributed by atoms with Gasteiger partial charge in [0.1, 0.15) is 6.54 Å². The highest BCUT2D eigenvalue weighted by atomic mass is 32.2. The lowest BCUT2D eigenvalue weighted by Crippen LogP contribution is -2.24. The van der Waals surface area contributed by atoms with Crippen molar-refractivity contribution in [2.75, 3.05) is 5.75 Å². The molecule has 3 aromatic rings. The number of thioether (sulfide) groups is 1. The van der Waals surface area contributed by atoms with Crippen molar-refractivity contribution >= 4 is 17.7 Å². The van der Waals surface area contributed by atoms with Crippen LogP contribution in [0, 0.1) is 13.8 Å². The van der Waals surface area contributed by atoms with Gasteiger partial charge in [-0.25, -0.2) is 0 Å². The maximum absolute atomic E-state index is 11.9. The molecule has 130 valence electrons. The first-order valence-electron chi connectivity index (χ1n) is 7.86. The van der Waals surface area contributed by atoms with Crippen molar-refractivity contribution in [1.82, 2.24) is 25.3 Å². The molecule has 0 aliphatic carbocycles. The number of nitrogens with one attached hydrogen (secondary N) is 1. The van der Waals surface area contributed by atoms with Crippen LogP contribution in [-0.2, 0) is 17.9 Å². The maximum atomic E-state index is 11.9. The van der Waals surface area contributed by atoms with Gasteiger partial charge in [-0.2, -0.15) is 5.10 Å². The molecule has 7 nitrogen and oxygen atoms in total. The number of benzene rings is 1. The molecule has 1 N–H and O–H groups in total. The van der Waals surface area contributed by atoms with Crippen LogP contribution >= 0.6 is 11.8 Å². The first-order valence-corrected chi connectivity index (χ1v) is 8.84. The van der Waals surface area contributed by atoms with Gasteiger partial charge in [-0.05, 0) is 25.5 Å². The van der Waals surface area contributed by atoms with Crippen molar-refractivity contribution < 1.29 is 9.21 Å². The lowest BCUT2D eigenvalue weighted by atomic mass is 10.1. The molecular weight excluding hydrogens is 338 g/mol. The molecule has 1 amide bonds. The number of carbonyl (C=O) groups excluding carboxylic acids is 1. The topological polar surface area (TPSA) is 85.8 Å². The van der Waals surface area contributed by atoms with Crippen LogP contribution in [0.5, 0.6) is 0 Å². The van der Waals surface area contributed by atoms with E-state index in [2.05, 4.69) is 20.6 Å². The van der Waals surface area contributed by atoms with E-state index in [1.807, 2.05) is 44.2 Å². The summed E-state index contributed by atoms with van der Waals surface area (Å²) in [5.41, 5.74) is 3.28. The van der Waals surface area contributed by atoms with Gasteiger partial charge in [0, 0.05) is 18.4 Å². The van der Waals surface area contributed by atoms with Crippen LogP contribution < -0.4 is 5.32 Å². The summed E-state index contributed by atoms with van der Waals surface area (Å²) >= 11 is 1.22. The van der Waals surface area contributed by atoms with Crippen molar-refractivity contribution in [3.05, 3.63) is 59.2 Å². The van der Waals surface area contributed by atoms with Gasteiger partial charge in [0.15, 0.2) is 0 Å². The zero-order chi connectivity index (χ0) is 17.6. The van der Waals surface area contributed by atoms with Gasteiger partial charge in [0.25, 0.3) is 5.22 Å². The third kappa shape index (κ3) is 4.93. The highest BCUT2D eigenvalue weighted by Crippen LogP contribution is 2.16. The zero-order valence-corrected chi connectivity index (χ0v) is 14.9. The molecule has 25 heavy (non-hydrogen) atoms. The van der Waals surface area contributed by atoms with E-state index in [-0.39, 0.29) is 11.7 Å². The van der Waals surface area contributed by atoms with Gasteiger partial charge in [-0.15, -0.1) is 10.2 Å². The molecule has 0 saturated carbocycles. The monoisotopic (exact) mass is 357 g/mol. The van der Waals surface area contributed by atoms with Crippen LogP contribution in [0.2, 0.25) is 0 Å². The van der Waals surface area contributed by atoms with E-state index in [0.717, 1.165) is 11.3 Å². The number of hydrogen-bond donors (Lipinski definition) is 1. The SMILES string of the molecule is Cc1ccc(CNC(=O)CSc2nnc(Cn3nccc3C)o2)cc1. The van der Waals surface area contributed by atoms with Crippen LogP contribution in [0.15, 0.2) is 46.2 Å². The fourth-order valence-corrected chi connectivity index (χ4v) is 2.75. The fourth-order valence-electron chi connectivity index (χ4n) is 2.14. The van der Waals surface area contributed by atoms with Crippen molar-refractivity contribution in [3.8, 4) is 0 Å². The van der Waals surface area contributed by atoms with Crippen LogP contribution in [0.3, 0.4) is 0 Å². The third-order valence-corrected chi connectivity index (χ3v) is 4.42. The molecule has 0 aliphatic heterocycles. The first kappa shape index (κ1) is 17.2. The standard InChI is InChI=1S/C17H19N5O2S/c1-12-3-5-14(6-4-12)9-18-15(23)11-25-17-21-20-16(24-17)10-22-13(2)7-8-19-22/h3-8H,9-11H2,1-2H3,(H,18,23). The highest BCUT2D eigenvalue weighted by molar-refractivity contribution is 7.99. The number of carbonyl (C=O) groups is 1. The van der Waals surface area contributed by atoms with E-state index in [0.29, 0.717) is 24.2 Å². The van der Waals surface area contributed by atoms with Crippen LogP contribution in [-0.4, -0.2) is 31.6 Å². The Labute approximate surface area is 149 Å². The van der Waals surface area contributed by atoms with Crippen LogP contribution in [0.25, 0.3) is 0 Å². The van der Waals surface area contributed by atoms with Gasteiger partial charge in [-0.3, -0.25) is 9.48 Å². The summed E-state index contributed by atoms with van der Waals surface area (Å²) in [4.78, 5) is 11.9. The Bertz CT molecular complexity index is 841. The normalized spacial score (nSPS) is 10.8. The number of amides is 1. The Kier molecular flexibility index (Phi) is 5.49. The summed E-state index contributed by atoms with van der Waals surface area (Å²) in [7, 11) is 0. The molecule has 0 fully saturated rings. The summed E-state index contributed by atoms with van der Waals surface area (Å²) in [6.45, 7) is 4.92. The van der Waals surface area contributed by atoms with Crippen molar-refractivity contribution in [1.29, 1.82) is 0 Å². The first-order chi connectivity index (χ1) is 12.1. The number of hydrogen-bond acceptors (Lipinski definition) is 6. The van der Waals surface area contributed by atoms with Gasteiger partial charge < -0.3 is 9.73 Å². The molecule has 0 spiro atoms. The number of aromatic nitrogens is 4. The summed E-state index contributed by atoms with van der Waals surface area (Å²) in [6.07, 6.45) is 1.72. The third-order valence-electron chi connectivity index (χ3n) is 3.60. The Balaban J connectivity index is 1.44. The van der Waals surface area contributed by atoms with Gasteiger partial charge in [0.2, 0.25) is 11.8 Å². The second-order valence-corrected chi connectivity index (χ2v) is 6.57. The minimum absolute atomic E-state index is 0.0757. The largest absolute Gasteiger partial charge is 0.414 e. The van der Waals surface area contributed by atoms with Crippen molar-refractivity contribution in [2.45, 2.75) is 32.2 Å². The predicted octanol–water partition coefficient (Wildman–Crippen LogP) is 2.34. The zero-order valence-electron chi connectivity index (χ0n) is 14.1. The minimum Gasteiger partial charge on any atom is -0.414 e. The molecule has 2 aromatic heterocycles. The molecule has 0 radical (unpaired) electrons. The smallest absolute Gasteiger partial charge is 0.277 e. The number of aryl methyl sites for hydroxylation is 2. The fraction of sp³-hybridized carbons (Fsp3) is 0.294. The van der Waals surface area contributed by atoms with Crippen molar-refractivity contribution in [3.63, 3.8) is 0 Å². The van der Waals surface area contributed by atoms with Crippen LogP contribution in [0.4, 0.5) is 0 Å². The second-order valence-electron chi connectivity index (χ2n) is 5.64. The van der Waals surface area contributed by atoms with Crippen LogP contribution in [0.1, 0.15) is 22.7 Å². The van der Waals surface area contributed by atoms with Gasteiger partial charge >= 0.3 is 0 Å². The predicted molar refractivity (Wildman–Crippen MR) is 94.1 cm³/mol. The van der Waals surface area contributed by atoms with E-state index >= 15 is 0 Å². The Hall–Kier alpha value is -2.61. The Morgan fingerprint density at radius 3 is 2.72 bits per heavy atom. The van der Waals surface area contributed by atoms with E-state index in [4.69, 9.17) is 4.42 Å². The maximum Gasteiger partial charge on any atom is 0.277 e. The summed E-state index contributed by atoms with van der Waals surface area (Å²) < 4.78 is 7.31. The van der Waals surface area contributed by atoms with Crippen molar-refractivity contribution in [2.24, 2.45) is 0 Å². The molecule has 1 aromatic carbocycles. The summed E-state index contributed by atoms with van der Waals surface area (Å²) in [5.74, 6) is 0.622. The van der Waals surface area contributed by atoms with Gasteiger partial charge in [-0.1, -0.05) is 41.6 Å². The summed E-state index contributed by atoms with van der Waals surface area (Å²) in [5, 5.41) is 15.4. The molecule has 0 unspecified atom stereocenters. The molecule has 0 aliphatic rings. The number of nitrogens with zero attached hydrogens (tertiary/aromatic N) is 4. The van der Waals surface area contributed by atoms with E-state index in [1.165, 1.54) is 17.3 Å². The second kappa shape index (κ2) is 7.98. The molecule has 8 heteroatoms. The average molecular weight is 357 g/mol. The molecule has 0 atom stereocenters. The minimum atomic E-state index is -0.0757. The lowest BCUT2D eigenvalue weighted by Gasteiger charge is -2.04. The average Bonchev–Trinajstić information content (AvgIpc) is 3.22. The quantitative estimate of drug-likeness (QED) is 0.653. The van der Waals surface area contributed by atoms with E-state index in [9.17, 15) is 4.79 Å². The molecule has 3 rings (SSSR count). The summed E-state index contributed by atoms with van der Waals surface area (Å²) in [6, 6.07) is 9.97. The lowest BCUT2D eigenvalue weighted by molar-refractivity contribution is -0.118. The molecule has 2 heterocycles. The van der Waals surface area contributed by atoms with E-state index in [1.54, 1.807) is 10.9 Å². The molecular formula is C17H19N5O2S. The molecule has 0 bridgehead atoms. The van der Waals surface area contributed by atoms with E-state index < -0.39 is 0 Å².